The van der Waals surface area contributed by atoms with E-state index in [0.29, 0.717) is 50.2 Å². The minimum absolute atomic E-state index is 0.0134. The summed E-state index contributed by atoms with van der Waals surface area (Å²) < 4.78 is 25.1. The summed E-state index contributed by atoms with van der Waals surface area (Å²) in [5.41, 5.74) is 8.04. The maximum absolute atomic E-state index is 15.9. The minimum atomic E-state index is -1.35. The lowest BCUT2D eigenvalue weighted by molar-refractivity contribution is -0.114. The Bertz CT molecular complexity index is 2150. The van der Waals surface area contributed by atoms with Gasteiger partial charge in [0.25, 0.3) is 0 Å². The van der Waals surface area contributed by atoms with Crippen molar-refractivity contribution in [3.05, 3.63) is 80.6 Å². The van der Waals surface area contributed by atoms with Crippen LogP contribution in [-0.2, 0) is 17.9 Å². The van der Waals surface area contributed by atoms with Crippen LogP contribution in [0, 0.1) is 12.7 Å². The summed E-state index contributed by atoms with van der Waals surface area (Å²) in [6, 6.07) is 5.89. The number of anilines is 1. The van der Waals surface area contributed by atoms with Crippen LogP contribution in [-0.4, -0.2) is 85.8 Å². The van der Waals surface area contributed by atoms with E-state index in [2.05, 4.69) is 20.2 Å². The van der Waals surface area contributed by atoms with Crippen molar-refractivity contribution in [1.82, 2.24) is 24.5 Å². The fraction of sp³-hybridized carbons (Fsp3) is 0.400. The number of carboxylic acids is 1. The van der Waals surface area contributed by atoms with Crippen LogP contribution in [0.1, 0.15) is 70.9 Å². The number of halogens is 1. The average molecular weight is 685 g/mol. The van der Waals surface area contributed by atoms with Crippen LogP contribution in [0.2, 0.25) is 0 Å². The number of aromatic nitrogens is 4. The van der Waals surface area contributed by atoms with E-state index in [1.54, 1.807) is 9.25 Å². The molecule has 2 aromatic carbocycles. The Balaban J connectivity index is 1.05. The number of fused-ring (bicyclic) bond motifs is 2. The molecule has 2 atom stereocenters. The summed E-state index contributed by atoms with van der Waals surface area (Å²) >= 11 is 0. The molecular weight excluding hydrogens is 647 g/mol. The Morgan fingerprint density at radius 1 is 1.16 bits per heavy atom. The molecule has 260 valence electrons. The van der Waals surface area contributed by atoms with Crippen LogP contribution in [0.25, 0.3) is 10.9 Å². The molecule has 7 rings (SSSR count). The first-order chi connectivity index (χ1) is 23.9. The van der Waals surface area contributed by atoms with Gasteiger partial charge >= 0.3 is 12.0 Å². The lowest BCUT2D eigenvalue weighted by Crippen LogP contribution is -2.51. The quantitative estimate of drug-likeness (QED) is 0.266. The molecule has 2 amide bonds. The van der Waals surface area contributed by atoms with Crippen molar-refractivity contribution in [1.29, 1.82) is 0 Å². The molecule has 3 N–H and O–H groups in total. The van der Waals surface area contributed by atoms with Gasteiger partial charge in [-0.2, -0.15) is 4.99 Å². The first-order valence-corrected chi connectivity index (χ1v) is 16.5. The van der Waals surface area contributed by atoms with E-state index in [0.717, 1.165) is 35.7 Å². The Kier molecular flexibility index (Phi) is 8.46. The number of piperazine rings is 1. The highest BCUT2D eigenvalue weighted by atomic mass is 19.1. The minimum Gasteiger partial charge on any atom is -0.492 e. The van der Waals surface area contributed by atoms with Crippen LogP contribution in [0.15, 0.2) is 46.4 Å². The standard InChI is InChI=1S/C35H37FN8O6/c1-18-4-7-22-23(32(46)28(24(22)12-18)38-35(37)49)8-9-43-16-20(39-40-43)15-41-10-11-42(14-19(41)2)30-27(36)13-25-29(33(30)50-3)44(21-5-6-21)17-26(31(25)45)34(47)48/h4,7,12-13,16-17,19,21,23H,5-6,8-11,14-15H2,1-3H3,(H2,37,49)(H,47,48). The van der Waals surface area contributed by atoms with Gasteiger partial charge in [0.15, 0.2) is 17.3 Å². The number of pyridine rings is 1. The summed E-state index contributed by atoms with van der Waals surface area (Å²) in [4.78, 5) is 57.6. The van der Waals surface area contributed by atoms with Gasteiger partial charge in [-0.1, -0.05) is 22.9 Å². The zero-order valence-electron chi connectivity index (χ0n) is 27.9. The summed E-state index contributed by atoms with van der Waals surface area (Å²) in [5.74, 6) is -2.50. The zero-order chi connectivity index (χ0) is 35.4. The average Bonchev–Trinajstić information content (AvgIpc) is 3.77. The molecule has 50 heavy (non-hydrogen) atoms. The Labute approximate surface area is 285 Å². The van der Waals surface area contributed by atoms with Gasteiger partial charge in [0.2, 0.25) is 5.43 Å². The number of ether oxygens (including phenoxy) is 1. The molecule has 2 aliphatic carbocycles. The van der Waals surface area contributed by atoms with Gasteiger partial charge < -0.3 is 25.0 Å². The third kappa shape index (κ3) is 5.91. The van der Waals surface area contributed by atoms with E-state index in [-0.39, 0.29) is 40.4 Å². The number of primary amides is 1. The maximum Gasteiger partial charge on any atom is 0.341 e. The largest absolute Gasteiger partial charge is 0.492 e. The van der Waals surface area contributed by atoms with Gasteiger partial charge in [-0.05, 0) is 50.8 Å². The smallest absolute Gasteiger partial charge is 0.341 e. The zero-order valence-corrected chi connectivity index (χ0v) is 27.9. The molecule has 1 aliphatic heterocycles. The molecule has 0 radical (unpaired) electrons. The molecule has 2 fully saturated rings. The van der Waals surface area contributed by atoms with Crippen molar-refractivity contribution < 1.29 is 28.6 Å². The molecule has 0 bridgehead atoms. The van der Waals surface area contributed by atoms with Crippen molar-refractivity contribution in [2.75, 3.05) is 31.6 Å². The maximum atomic E-state index is 15.9. The number of methoxy groups -OCH3 is 1. The van der Waals surface area contributed by atoms with Crippen molar-refractivity contribution in [3.63, 3.8) is 0 Å². The lowest BCUT2D eigenvalue weighted by Gasteiger charge is -2.41. The number of carbonyl (C=O) groups is 3. The van der Waals surface area contributed by atoms with Crippen LogP contribution < -0.4 is 20.8 Å². The summed E-state index contributed by atoms with van der Waals surface area (Å²) in [6.45, 7) is 6.38. The second-order valence-electron chi connectivity index (χ2n) is 13.3. The van der Waals surface area contributed by atoms with Crippen molar-refractivity contribution in [2.24, 2.45) is 10.7 Å². The van der Waals surface area contributed by atoms with Gasteiger partial charge in [-0.15, -0.1) is 5.10 Å². The second-order valence-corrected chi connectivity index (χ2v) is 13.3. The number of aliphatic imine (C=N–C) groups is 1. The third-order valence-electron chi connectivity index (χ3n) is 9.86. The second kappa shape index (κ2) is 12.8. The number of aromatic carboxylic acids is 1. The van der Waals surface area contributed by atoms with E-state index in [1.165, 1.54) is 13.3 Å². The highest BCUT2D eigenvalue weighted by Crippen LogP contribution is 2.44. The van der Waals surface area contributed by atoms with Crippen LogP contribution in [0.4, 0.5) is 14.9 Å². The van der Waals surface area contributed by atoms with Crippen LogP contribution in [0.3, 0.4) is 0 Å². The molecule has 14 nitrogen and oxygen atoms in total. The molecule has 1 saturated carbocycles. The number of aryl methyl sites for hydroxylation is 2. The third-order valence-corrected chi connectivity index (χ3v) is 9.86. The molecule has 2 aromatic heterocycles. The number of nitrogens with two attached hydrogens (primary N) is 1. The normalized spacial score (nSPS) is 20.1. The topological polar surface area (TPSA) is 178 Å². The van der Waals surface area contributed by atoms with E-state index in [9.17, 15) is 24.3 Å². The first kappa shape index (κ1) is 33.1. The summed E-state index contributed by atoms with van der Waals surface area (Å²) in [6.07, 6.45) is 5.29. The molecule has 0 spiro atoms. The SMILES string of the molecule is COc1c(N2CCN(Cc3cn(CCC4C(=O)C(=NC(N)=O)c5cc(C)ccc54)nn3)C(C)C2)c(F)cc2c(=O)c(C(=O)O)cn(C3CC3)c12. The van der Waals surface area contributed by atoms with Gasteiger partial charge in [-0.3, -0.25) is 19.2 Å². The number of amides is 2. The summed E-state index contributed by atoms with van der Waals surface area (Å²) in [5, 5.41) is 18.3. The number of hydrogen-bond acceptors (Lipinski definition) is 9. The monoisotopic (exact) mass is 684 g/mol. The molecular formula is C35H37FN8O6. The number of carboxylic acid groups (broad SMARTS) is 1. The van der Waals surface area contributed by atoms with E-state index in [1.807, 2.05) is 43.1 Å². The highest BCUT2D eigenvalue weighted by molar-refractivity contribution is 6.52. The van der Waals surface area contributed by atoms with Crippen molar-refractivity contribution in [3.8, 4) is 5.75 Å². The van der Waals surface area contributed by atoms with Gasteiger partial charge in [-0.25, -0.2) is 14.0 Å². The first-order valence-electron chi connectivity index (χ1n) is 16.5. The van der Waals surface area contributed by atoms with Gasteiger partial charge in [0, 0.05) is 62.8 Å². The predicted octanol–water partition coefficient (Wildman–Crippen LogP) is 3.42. The van der Waals surface area contributed by atoms with Gasteiger partial charge in [0.1, 0.15) is 17.0 Å². The van der Waals surface area contributed by atoms with E-state index in [4.69, 9.17) is 10.5 Å². The number of rotatable bonds is 9. The van der Waals surface area contributed by atoms with E-state index < -0.39 is 34.7 Å². The Morgan fingerprint density at radius 2 is 1.94 bits per heavy atom. The number of carbonyl (C=O) groups excluding carboxylic acids is 2. The fourth-order valence-electron chi connectivity index (χ4n) is 7.28. The molecule has 3 aliphatic rings. The molecule has 3 heterocycles. The number of ketones is 1. The van der Waals surface area contributed by atoms with Crippen molar-refractivity contribution >= 4 is 40.1 Å². The number of nitrogens with zero attached hydrogens (tertiary/aromatic N) is 7. The number of Topliss-reactive ketones (excluding diaryl/α,β-unsaturated/α-hetero) is 1. The number of benzene rings is 2. The highest BCUT2D eigenvalue weighted by Gasteiger charge is 2.37. The van der Waals surface area contributed by atoms with E-state index >= 15 is 4.39 Å². The number of hydrogen-bond donors (Lipinski definition) is 2. The van der Waals surface area contributed by atoms with Crippen molar-refractivity contribution in [2.45, 2.75) is 64.2 Å². The molecule has 4 aromatic rings. The Morgan fingerprint density at radius 3 is 2.62 bits per heavy atom. The fourth-order valence-corrected chi connectivity index (χ4v) is 7.28. The van der Waals surface area contributed by atoms with Crippen LogP contribution >= 0.6 is 0 Å². The summed E-state index contributed by atoms with van der Waals surface area (Å²) in [7, 11) is 1.43. The Hall–Kier alpha value is -5.44. The molecule has 15 heteroatoms. The molecule has 1 saturated heterocycles. The predicted molar refractivity (Wildman–Crippen MR) is 182 cm³/mol. The lowest BCUT2D eigenvalue weighted by atomic mass is 9.96. The van der Waals surface area contributed by atoms with Gasteiger partial charge in [0.05, 0.1) is 29.6 Å². The number of urea groups is 1. The van der Waals surface area contributed by atoms with Crippen LogP contribution in [0.5, 0.6) is 5.75 Å². The molecule has 2 unspecified atom stereocenters.